The number of hydrogen-bond acceptors (Lipinski definition) is 2. The summed E-state index contributed by atoms with van der Waals surface area (Å²) >= 11 is 0. The quantitative estimate of drug-likeness (QED) is 0.751. The molecule has 0 bridgehead atoms. The van der Waals surface area contributed by atoms with E-state index in [1.807, 2.05) is 37.5 Å². The van der Waals surface area contributed by atoms with Crippen LogP contribution in [0.1, 0.15) is 5.56 Å². The Morgan fingerprint density at radius 1 is 1.42 bits per heavy atom. The molecule has 5 nitrogen and oxygen atoms in total. The summed E-state index contributed by atoms with van der Waals surface area (Å²) in [5, 5.41) is 3.87. The van der Waals surface area contributed by atoms with Crippen molar-refractivity contribution in [1.82, 2.24) is 14.5 Å². The summed E-state index contributed by atoms with van der Waals surface area (Å²) in [6, 6.07) is 7.94. The molecule has 0 fully saturated rings. The van der Waals surface area contributed by atoms with Gasteiger partial charge in [0.15, 0.2) is 0 Å². The normalized spacial score (nSPS) is 10.8. The number of aryl methyl sites for hydroxylation is 1. The summed E-state index contributed by atoms with van der Waals surface area (Å²) in [4.78, 5) is 19.2. The minimum Gasteiger partial charge on any atom is -0.361 e. The number of nitrogens with zero attached hydrogens (tertiary/aromatic N) is 2. The summed E-state index contributed by atoms with van der Waals surface area (Å²) in [6.07, 6.45) is 5.65. The number of carbonyl (C=O) groups excluding carboxylic acids is 1. The zero-order chi connectivity index (χ0) is 13.2. The third-order valence-corrected chi connectivity index (χ3v) is 3.10. The molecule has 0 saturated heterocycles. The Labute approximate surface area is 110 Å². The largest absolute Gasteiger partial charge is 0.361 e. The Kier molecular flexibility index (Phi) is 2.79. The minimum absolute atomic E-state index is 0.0703. The first-order valence-electron chi connectivity index (χ1n) is 6.06. The Bertz CT molecular complexity index is 726. The van der Waals surface area contributed by atoms with E-state index in [2.05, 4.69) is 15.3 Å². The fraction of sp³-hybridized carbons (Fsp3) is 0.143. The lowest BCUT2D eigenvalue weighted by Crippen LogP contribution is -2.16. The second-order valence-electron chi connectivity index (χ2n) is 4.45. The molecule has 0 aliphatic carbocycles. The molecule has 19 heavy (non-hydrogen) atoms. The van der Waals surface area contributed by atoms with Crippen molar-refractivity contribution in [2.75, 3.05) is 5.32 Å². The van der Waals surface area contributed by atoms with Crippen molar-refractivity contribution in [3.05, 3.63) is 48.4 Å². The number of para-hydroxylation sites is 1. The summed E-state index contributed by atoms with van der Waals surface area (Å²) in [7, 11) is 1.84. The first-order valence-corrected chi connectivity index (χ1v) is 6.06. The van der Waals surface area contributed by atoms with Gasteiger partial charge in [0, 0.05) is 36.5 Å². The topological polar surface area (TPSA) is 62.7 Å². The Morgan fingerprint density at radius 2 is 2.26 bits per heavy atom. The Morgan fingerprint density at radius 3 is 3.05 bits per heavy atom. The zero-order valence-corrected chi connectivity index (χ0v) is 10.6. The molecular formula is C14H14N4O. The van der Waals surface area contributed by atoms with Gasteiger partial charge < -0.3 is 9.55 Å². The third kappa shape index (κ3) is 2.22. The molecule has 2 heterocycles. The van der Waals surface area contributed by atoms with Gasteiger partial charge >= 0.3 is 0 Å². The van der Waals surface area contributed by atoms with Crippen LogP contribution in [0, 0.1) is 0 Å². The molecule has 0 aliphatic heterocycles. The highest BCUT2D eigenvalue weighted by molar-refractivity contribution is 5.94. The number of benzene rings is 1. The van der Waals surface area contributed by atoms with Crippen molar-refractivity contribution >= 4 is 22.8 Å². The van der Waals surface area contributed by atoms with Crippen LogP contribution in [0.15, 0.2) is 42.9 Å². The maximum atomic E-state index is 12.0. The average Bonchev–Trinajstić information content (AvgIpc) is 2.98. The van der Waals surface area contributed by atoms with Crippen LogP contribution in [0.3, 0.4) is 0 Å². The molecule has 3 aromatic rings. The maximum absolute atomic E-state index is 12.0. The van der Waals surface area contributed by atoms with Crippen LogP contribution < -0.4 is 5.32 Å². The van der Waals surface area contributed by atoms with Crippen molar-refractivity contribution in [3.63, 3.8) is 0 Å². The van der Waals surface area contributed by atoms with E-state index in [9.17, 15) is 4.79 Å². The molecule has 2 aromatic heterocycles. The fourth-order valence-electron chi connectivity index (χ4n) is 2.11. The van der Waals surface area contributed by atoms with Crippen LogP contribution in [0.5, 0.6) is 0 Å². The second-order valence-corrected chi connectivity index (χ2v) is 4.45. The van der Waals surface area contributed by atoms with Crippen molar-refractivity contribution in [2.24, 2.45) is 7.05 Å². The molecule has 1 amide bonds. The molecule has 5 heteroatoms. The van der Waals surface area contributed by atoms with E-state index >= 15 is 0 Å². The van der Waals surface area contributed by atoms with Gasteiger partial charge in [0.2, 0.25) is 11.9 Å². The summed E-state index contributed by atoms with van der Waals surface area (Å²) in [6.45, 7) is 0. The number of imidazole rings is 1. The average molecular weight is 254 g/mol. The van der Waals surface area contributed by atoms with E-state index in [1.165, 1.54) is 0 Å². The number of fused-ring (bicyclic) bond motifs is 1. The van der Waals surface area contributed by atoms with E-state index in [4.69, 9.17) is 0 Å². The molecular weight excluding hydrogens is 240 g/mol. The molecule has 0 aliphatic rings. The number of H-pyrrole nitrogens is 1. The van der Waals surface area contributed by atoms with Gasteiger partial charge in [0.05, 0.1) is 6.42 Å². The predicted octanol–water partition coefficient (Wildman–Crippen LogP) is 2.08. The molecule has 0 spiro atoms. The van der Waals surface area contributed by atoms with Crippen LogP contribution >= 0.6 is 0 Å². The highest BCUT2D eigenvalue weighted by Gasteiger charge is 2.10. The lowest BCUT2D eigenvalue weighted by Gasteiger charge is -2.04. The van der Waals surface area contributed by atoms with Gasteiger partial charge in [-0.1, -0.05) is 18.2 Å². The number of aromatic amines is 1. The molecule has 0 radical (unpaired) electrons. The standard InChI is InChI=1S/C14H14N4O/c1-18-7-6-15-14(18)17-13(19)8-10-9-16-12-5-3-2-4-11(10)12/h2-7,9,16H,8H2,1H3,(H,15,17,19). The number of anilines is 1. The zero-order valence-electron chi connectivity index (χ0n) is 10.6. The van der Waals surface area contributed by atoms with Crippen molar-refractivity contribution in [1.29, 1.82) is 0 Å². The molecule has 96 valence electrons. The lowest BCUT2D eigenvalue weighted by molar-refractivity contribution is -0.115. The van der Waals surface area contributed by atoms with Crippen LogP contribution in [-0.2, 0) is 18.3 Å². The summed E-state index contributed by atoms with van der Waals surface area (Å²) in [5.74, 6) is 0.490. The number of hydrogen-bond donors (Lipinski definition) is 2. The third-order valence-electron chi connectivity index (χ3n) is 3.10. The van der Waals surface area contributed by atoms with Gasteiger partial charge in [-0.2, -0.15) is 0 Å². The molecule has 0 atom stereocenters. The first-order chi connectivity index (χ1) is 9.24. The van der Waals surface area contributed by atoms with Gasteiger partial charge in [-0.15, -0.1) is 0 Å². The fourth-order valence-corrected chi connectivity index (χ4v) is 2.11. The van der Waals surface area contributed by atoms with E-state index in [0.29, 0.717) is 12.4 Å². The van der Waals surface area contributed by atoms with Crippen molar-refractivity contribution in [3.8, 4) is 0 Å². The highest BCUT2D eigenvalue weighted by Crippen LogP contribution is 2.18. The van der Waals surface area contributed by atoms with Crippen LogP contribution in [0.25, 0.3) is 10.9 Å². The van der Waals surface area contributed by atoms with Gasteiger partial charge in [-0.3, -0.25) is 10.1 Å². The van der Waals surface area contributed by atoms with Crippen LogP contribution in [0.4, 0.5) is 5.95 Å². The van der Waals surface area contributed by atoms with Gasteiger partial charge in [0.1, 0.15) is 0 Å². The van der Waals surface area contributed by atoms with Crippen molar-refractivity contribution in [2.45, 2.75) is 6.42 Å². The SMILES string of the molecule is Cn1ccnc1NC(=O)Cc1c[nH]c2ccccc12. The van der Waals surface area contributed by atoms with E-state index in [-0.39, 0.29) is 5.91 Å². The molecule has 0 unspecified atom stereocenters. The smallest absolute Gasteiger partial charge is 0.231 e. The summed E-state index contributed by atoms with van der Waals surface area (Å²) in [5.41, 5.74) is 2.03. The first kappa shape index (κ1) is 11.5. The number of amides is 1. The highest BCUT2D eigenvalue weighted by atomic mass is 16.1. The maximum Gasteiger partial charge on any atom is 0.231 e. The molecule has 3 rings (SSSR count). The summed E-state index contributed by atoms with van der Waals surface area (Å²) < 4.78 is 1.77. The molecule has 2 N–H and O–H groups in total. The van der Waals surface area contributed by atoms with E-state index in [0.717, 1.165) is 16.5 Å². The number of aromatic nitrogens is 3. The Hall–Kier alpha value is -2.56. The van der Waals surface area contributed by atoms with Crippen molar-refractivity contribution < 1.29 is 4.79 Å². The molecule has 1 aromatic carbocycles. The number of rotatable bonds is 3. The van der Waals surface area contributed by atoms with Crippen LogP contribution in [0.2, 0.25) is 0 Å². The number of carbonyl (C=O) groups is 1. The van der Waals surface area contributed by atoms with Gasteiger partial charge in [-0.25, -0.2) is 4.98 Å². The van der Waals surface area contributed by atoms with E-state index in [1.54, 1.807) is 17.0 Å². The van der Waals surface area contributed by atoms with E-state index < -0.39 is 0 Å². The Balaban J connectivity index is 1.78. The predicted molar refractivity (Wildman–Crippen MR) is 73.8 cm³/mol. The molecule has 0 saturated carbocycles. The van der Waals surface area contributed by atoms with Crippen LogP contribution in [-0.4, -0.2) is 20.4 Å². The monoisotopic (exact) mass is 254 g/mol. The second kappa shape index (κ2) is 4.61. The van der Waals surface area contributed by atoms with Gasteiger partial charge in [0.25, 0.3) is 0 Å². The van der Waals surface area contributed by atoms with Gasteiger partial charge in [-0.05, 0) is 11.6 Å². The minimum atomic E-state index is -0.0703. The lowest BCUT2D eigenvalue weighted by atomic mass is 10.1. The number of nitrogens with one attached hydrogen (secondary N) is 2.